The zero-order chi connectivity index (χ0) is 13.0. The highest BCUT2D eigenvalue weighted by Crippen LogP contribution is 2.31. The number of carboxylic acid groups (broad SMARTS) is 1. The van der Waals surface area contributed by atoms with Crippen LogP contribution >= 0.6 is 0 Å². The number of hydrogen-bond donors (Lipinski definition) is 0. The first-order valence-electron chi connectivity index (χ1n) is 7.20. The minimum atomic E-state index is -1.04. The van der Waals surface area contributed by atoms with Gasteiger partial charge in [-0.15, -0.1) is 0 Å². The van der Waals surface area contributed by atoms with Crippen LogP contribution in [0.3, 0.4) is 0 Å². The molecule has 0 spiro atoms. The van der Waals surface area contributed by atoms with Gasteiger partial charge in [-0.05, 0) is 25.7 Å². The maximum atomic E-state index is 12.5. The van der Waals surface area contributed by atoms with Crippen molar-refractivity contribution in [1.82, 2.24) is 4.90 Å². The van der Waals surface area contributed by atoms with E-state index in [0.29, 0.717) is 12.8 Å². The van der Waals surface area contributed by atoms with Crippen LogP contribution < -0.4 is 5.11 Å². The molecule has 0 N–H and O–H groups in total. The zero-order valence-electron chi connectivity index (χ0n) is 10.9. The van der Waals surface area contributed by atoms with Gasteiger partial charge in [-0.25, -0.2) is 0 Å². The molecule has 1 aliphatic heterocycles. The Morgan fingerprint density at radius 3 is 1.94 bits per heavy atom. The zero-order valence-corrected chi connectivity index (χ0v) is 10.9. The summed E-state index contributed by atoms with van der Waals surface area (Å²) in [6, 6.07) is 0. The molecule has 4 heteroatoms. The summed E-state index contributed by atoms with van der Waals surface area (Å²) in [7, 11) is 0. The maximum Gasteiger partial charge on any atom is 0.226 e. The van der Waals surface area contributed by atoms with E-state index >= 15 is 0 Å². The number of nitrogens with zero attached hydrogens (tertiary/aromatic N) is 1. The number of rotatable bonds is 2. The highest BCUT2D eigenvalue weighted by molar-refractivity contribution is 5.84. The molecule has 0 aromatic rings. The molecular formula is C14H22NO3-. The molecule has 2 rings (SSSR count). The number of aliphatic carboxylic acids is 1. The second-order valence-corrected chi connectivity index (χ2v) is 5.56. The molecule has 1 saturated carbocycles. The van der Waals surface area contributed by atoms with Gasteiger partial charge in [-0.2, -0.15) is 0 Å². The number of hydrogen-bond acceptors (Lipinski definition) is 3. The molecule has 0 unspecified atom stereocenters. The monoisotopic (exact) mass is 252 g/mol. The van der Waals surface area contributed by atoms with Gasteiger partial charge in [0.25, 0.3) is 0 Å². The van der Waals surface area contributed by atoms with Crippen LogP contribution in [0.1, 0.15) is 51.4 Å². The molecule has 0 radical (unpaired) electrons. The lowest BCUT2D eigenvalue weighted by molar-refractivity contribution is -0.314. The van der Waals surface area contributed by atoms with Crippen molar-refractivity contribution in [2.45, 2.75) is 51.4 Å². The number of carbonyl (C=O) groups excluding carboxylic acids is 2. The Hall–Kier alpha value is -1.06. The largest absolute Gasteiger partial charge is 0.550 e. The second-order valence-electron chi connectivity index (χ2n) is 5.56. The van der Waals surface area contributed by atoms with E-state index in [9.17, 15) is 14.7 Å². The van der Waals surface area contributed by atoms with Gasteiger partial charge in [0.2, 0.25) is 5.91 Å². The van der Waals surface area contributed by atoms with Gasteiger partial charge in [0, 0.05) is 30.9 Å². The summed E-state index contributed by atoms with van der Waals surface area (Å²) in [5, 5.41) is 11.1. The molecule has 2 atom stereocenters. The van der Waals surface area contributed by atoms with E-state index in [4.69, 9.17) is 0 Å². The van der Waals surface area contributed by atoms with E-state index in [-0.39, 0.29) is 11.8 Å². The predicted molar refractivity (Wildman–Crippen MR) is 65.5 cm³/mol. The van der Waals surface area contributed by atoms with Crippen LogP contribution in [0.25, 0.3) is 0 Å². The third-order valence-electron chi connectivity index (χ3n) is 4.30. The smallest absolute Gasteiger partial charge is 0.226 e. The molecular weight excluding hydrogens is 230 g/mol. The summed E-state index contributed by atoms with van der Waals surface area (Å²) in [6.45, 7) is 1.60. The van der Waals surface area contributed by atoms with Crippen LogP contribution in [0.5, 0.6) is 0 Å². The summed E-state index contributed by atoms with van der Waals surface area (Å²) in [5.74, 6) is -1.87. The lowest BCUT2D eigenvalue weighted by Gasteiger charge is -2.34. The van der Waals surface area contributed by atoms with E-state index in [2.05, 4.69) is 0 Å². The topological polar surface area (TPSA) is 60.4 Å². The van der Waals surface area contributed by atoms with Crippen molar-refractivity contribution in [3.8, 4) is 0 Å². The second kappa shape index (κ2) is 6.21. The Balaban J connectivity index is 2.02. The molecule has 102 valence electrons. The number of carbonyl (C=O) groups is 2. The average Bonchev–Trinajstić information content (AvgIpc) is 2.66. The lowest BCUT2D eigenvalue weighted by atomic mass is 9.78. The Morgan fingerprint density at radius 1 is 0.833 bits per heavy atom. The quantitative estimate of drug-likeness (QED) is 0.735. The first kappa shape index (κ1) is 13.4. The van der Waals surface area contributed by atoms with Crippen LogP contribution in [-0.4, -0.2) is 29.9 Å². The highest BCUT2D eigenvalue weighted by Gasteiger charge is 2.34. The molecule has 1 amide bonds. The Labute approximate surface area is 108 Å². The number of likely N-dealkylation sites (tertiary alicyclic amines) is 1. The minimum absolute atomic E-state index is 0.0609. The van der Waals surface area contributed by atoms with E-state index in [0.717, 1.165) is 38.8 Å². The molecule has 1 aliphatic carbocycles. The van der Waals surface area contributed by atoms with Gasteiger partial charge >= 0.3 is 0 Å². The molecule has 2 aliphatic rings. The summed E-state index contributed by atoms with van der Waals surface area (Å²) < 4.78 is 0. The fraction of sp³-hybridized carbons (Fsp3) is 0.857. The van der Waals surface area contributed by atoms with Gasteiger partial charge in [0.15, 0.2) is 0 Å². The van der Waals surface area contributed by atoms with Gasteiger partial charge < -0.3 is 14.8 Å². The van der Waals surface area contributed by atoms with Gasteiger partial charge in [0.1, 0.15) is 0 Å². The van der Waals surface area contributed by atoms with Crippen molar-refractivity contribution >= 4 is 11.9 Å². The Kier molecular flexibility index (Phi) is 4.61. The van der Waals surface area contributed by atoms with Crippen molar-refractivity contribution in [2.75, 3.05) is 13.1 Å². The number of carboxylic acids is 1. The van der Waals surface area contributed by atoms with Crippen molar-refractivity contribution in [3.05, 3.63) is 0 Å². The molecule has 2 fully saturated rings. The standard InChI is InChI=1S/C14H23NO3/c16-13(15-9-5-1-2-6-10-15)11-7-3-4-8-12(11)14(17)18/h11-12H,1-10H2,(H,17,18)/p-1/t11-,12+/m0/s1. The predicted octanol–water partition coefficient (Wildman–Crippen LogP) is 0.945. The van der Waals surface area contributed by atoms with Crippen molar-refractivity contribution < 1.29 is 14.7 Å². The van der Waals surface area contributed by atoms with E-state index < -0.39 is 11.9 Å². The molecule has 4 nitrogen and oxygen atoms in total. The van der Waals surface area contributed by atoms with Crippen molar-refractivity contribution in [1.29, 1.82) is 0 Å². The van der Waals surface area contributed by atoms with Crippen molar-refractivity contribution in [2.24, 2.45) is 11.8 Å². The van der Waals surface area contributed by atoms with E-state index in [1.165, 1.54) is 12.8 Å². The third-order valence-corrected chi connectivity index (χ3v) is 4.30. The van der Waals surface area contributed by atoms with Crippen LogP contribution in [0.2, 0.25) is 0 Å². The molecule has 18 heavy (non-hydrogen) atoms. The normalized spacial score (nSPS) is 29.7. The summed E-state index contributed by atoms with van der Waals surface area (Å²) >= 11 is 0. The Bertz CT molecular complexity index is 308. The van der Waals surface area contributed by atoms with Crippen LogP contribution in [0.15, 0.2) is 0 Å². The van der Waals surface area contributed by atoms with E-state index in [1.807, 2.05) is 4.90 Å². The first-order chi connectivity index (χ1) is 8.70. The van der Waals surface area contributed by atoms with Gasteiger partial charge in [-0.1, -0.05) is 25.7 Å². The highest BCUT2D eigenvalue weighted by atomic mass is 16.4. The number of amides is 1. The average molecular weight is 252 g/mol. The fourth-order valence-electron chi connectivity index (χ4n) is 3.23. The molecule has 0 aromatic carbocycles. The SMILES string of the molecule is O=C([O-])[C@@H]1CCCC[C@@H]1C(=O)N1CCCCCC1. The van der Waals surface area contributed by atoms with Gasteiger partial charge in [0.05, 0.1) is 0 Å². The van der Waals surface area contributed by atoms with Crippen LogP contribution in [0.4, 0.5) is 0 Å². The van der Waals surface area contributed by atoms with Gasteiger partial charge in [-0.3, -0.25) is 4.79 Å². The molecule has 0 bridgehead atoms. The third kappa shape index (κ3) is 3.03. The first-order valence-corrected chi connectivity index (χ1v) is 7.20. The van der Waals surface area contributed by atoms with Crippen LogP contribution in [0, 0.1) is 11.8 Å². The van der Waals surface area contributed by atoms with Crippen molar-refractivity contribution in [3.63, 3.8) is 0 Å². The Morgan fingerprint density at radius 2 is 1.39 bits per heavy atom. The summed E-state index contributed by atoms with van der Waals surface area (Å²) in [4.78, 5) is 25.5. The maximum absolute atomic E-state index is 12.5. The molecule has 0 aromatic heterocycles. The minimum Gasteiger partial charge on any atom is -0.550 e. The van der Waals surface area contributed by atoms with Crippen LogP contribution in [-0.2, 0) is 9.59 Å². The molecule has 1 heterocycles. The summed E-state index contributed by atoms with van der Waals surface area (Å²) in [5.41, 5.74) is 0. The lowest BCUT2D eigenvalue weighted by Crippen LogP contribution is -2.46. The summed E-state index contributed by atoms with van der Waals surface area (Å²) in [6.07, 6.45) is 7.65. The fourth-order valence-corrected chi connectivity index (χ4v) is 3.23. The van der Waals surface area contributed by atoms with E-state index in [1.54, 1.807) is 0 Å². The molecule has 1 saturated heterocycles.